The maximum absolute atomic E-state index is 11.2. The largest absolute Gasteiger partial charge is 1.00 e. The molecule has 0 aliphatic heterocycles. The summed E-state index contributed by atoms with van der Waals surface area (Å²) in [5, 5.41) is 8.58. The Kier molecular flexibility index (Phi) is 25.6. The van der Waals surface area contributed by atoms with Crippen LogP contribution < -0.4 is 51.4 Å². The van der Waals surface area contributed by atoms with Crippen LogP contribution in [0.15, 0.2) is 0 Å². The van der Waals surface area contributed by atoms with Crippen LogP contribution in [0.1, 0.15) is 136 Å². The first-order valence-corrected chi connectivity index (χ1v) is 13.5. The summed E-state index contributed by atoms with van der Waals surface area (Å²) in [6.45, 7) is 3.97. The van der Waals surface area contributed by atoms with Gasteiger partial charge in [-0.3, -0.25) is 0 Å². The van der Waals surface area contributed by atoms with Gasteiger partial charge in [-0.1, -0.05) is 123 Å². The molecule has 0 fully saturated rings. The van der Waals surface area contributed by atoms with E-state index in [9.17, 15) is 18.1 Å². The fourth-order valence-electron chi connectivity index (χ4n) is 3.86. The van der Waals surface area contributed by atoms with Crippen molar-refractivity contribution in [1.82, 2.24) is 0 Å². The number of rotatable bonds is 21. The molecule has 0 saturated heterocycles. The standard InChI is InChI=1S/C23H48O4S.K/c1-3-5-6-7-8-9-10-11-12-13-14-15-16-17-18-19-20-21-23(22(24)4-2)28(25,26)27;/h22-24H,3-21H2,1-2H3,(H,25,26,27);/q;+1/p-1. The van der Waals surface area contributed by atoms with Gasteiger partial charge in [0.1, 0.15) is 10.1 Å². The average molecular weight is 459 g/mol. The normalized spacial score (nSPS) is 13.8. The number of aliphatic hydroxyl groups is 1. The second kappa shape index (κ2) is 22.7. The minimum Gasteiger partial charge on any atom is -0.748 e. The molecule has 0 amide bonds. The molecular weight excluding hydrogens is 411 g/mol. The van der Waals surface area contributed by atoms with E-state index >= 15 is 0 Å². The van der Waals surface area contributed by atoms with Gasteiger partial charge in [0.25, 0.3) is 0 Å². The molecule has 0 aromatic carbocycles. The molecule has 6 heteroatoms. The van der Waals surface area contributed by atoms with Crippen LogP contribution in [0, 0.1) is 0 Å². The van der Waals surface area contributed by atoms with E-state index in [4.69, 9.17) is 0 Å². The van der Waals surface area contributed by atoms with Gasteiger partial charge in [-0.05, 0) is 12.8 Å². The van der Waals surface area contributed by atoms with Crippen LogP contribution in [0.3, 0.4) is 0 Å². The molecular formula is C23H47KO4S. The molecule has 0 aromatic rings. The minimum atomic E-state index is -4.40. The zero-order valence-electron chi connectivity index (χ0n) is 19.7. The smallest absolute Gasteiger partial charge is 0.748 e. The quantitative estimate of drug-likeness (QED) is 0.162. The van der Waals surface area contributed by atoms with E-state index in [2.05, 4.69) is 6.92 Å². The summed E-state index contributed by atoms with van der Waals surface area (Å²) in [6, 6.07) is 0. The van der Waals surface area contributed by atoms with Crippen LogP contribution in [-0.2, 0) is 10.1 Å². The molecule has 0 radical (unpaired) electrons. The van der Waals surface area contributed by atoms with Crippen LogP contribution >= 0.6 is 0 Å². The molecule has 0 spiro atoms. The molecule has 0 saturated carbocycles. The van der Waals surface area contributed by atoms with E-state index in [1.165, 1.54) is 89.9 Å². The van der Waals surface area contributed by atoms with Gasteiger partial charge >= 0.3 is 51.4 Å². The second-order valence-electron chi connectivity index (χ2n) is 8.45. The van der Waals surface area contributed by atoms with Gasteiger partial charge < -0.3 is 9.66 Å². The topological polar surface area (TPSA) is 77.4 Å². The predicted molar refractivity (Wildman–Crippen MR) is 119 cm³/mol. The van der Waals surface area contributed by atoms with E-state index in [-0.39, 0.29) is 51.4 Å². The molecule has 2 unspecified atom stereocenters. The zero-order valence-corrected chi connectivity index (χ0v) is 23.6. The molecule has 0 aliphatic rings. The van der Waals surface area contributed by atoms with E-state index in [1.54, 1.807) is 6.92 Å². The third kappa shape index (κ3) is 21.1. The predicted octanol–water partition coefficient (Wildman–Crippen LogP) is 3.72. The van der Waals surface area contributed by atoms with Gasteiger partial charge in [-0.15, -0.1) is 0 Å². The van der Waals surface area contributed by atoms with E-state index in [0.717, 1.165) is 12.8 Å². The monoisotopic (exact) mass is 458 g/mol. The maximum Gasteiger partial charge on any atom is 1.00 e. The number of hydrogen-bond acceptors (Lipinski definition) is 4. The van der Waals surface area contributed by atoms with Crippen molar-refractivity contribution in [3.05, 3.63) is 0 Å². The summed E-state index contributed by atoms with van der Waals surface area (Å²) >= 11 is 0. The van der Waals surface area contributed by atoms with Crippen molar-refractivity contribution in [2.24, 2.45) is 0 Å². The summed E-state index contributed by atoms with van der Waals surface area (Å²) in [5.74, 6) is 0. The molecule has 0 aliphatic carbocycles. The van der Waals surface area contributed by atoms with Crippen LogP contribution in [0.25, 0.3) is 0 Å². The molecule has 0 bridgehead atoms. The summed E-state index contributed by atoms with van der Waals surface area (Å²) in [4.78, 5) is 0. The molecule has 4 nitrogen and oxygen atoms in total. The van der Waals surface area contributed by atoms with Crippen LogP contribution in [0.5, 0.6) is 0 Å². The van der Waals surface area contributed by atoms with Crippen LogP contribution in [0.2, 0.25) is 0 Å². The Bertz CT molecular complexity index is 429. The Hall–Kier alpha value is 1.51. The van der Waals surface area contributed by atoms with Gasteiger partial charge in [0.05, 0.1) is 11.4 Å². The van der Waals surface area contributed by atoms with Crippen molar-refractivity contribution < 1.29 is 69.5 Å². The first-order chi connectivity index (χ1) is 13.4. The summed E-state index contributed by atoms with van der Waals surface area (Å²) < 4.78 is 33.7. The van der Waals surface area contributed by atoms with Gasteiger partial charge in [0.15, 0.2) is 0 Å². The van der Waals surface area contributed by atoms with E-state index in [1.807, 2.05) is 0 Å². The Morgan fingerprint density at radius 2 is 0.966 bits per heavy atom. The minimum absolute atomic E-state index is 0. The Balaban J connectivity index is 0. The van der Waals surface area contributed by atoms with Crippen molar-refractivity contribution >= 4 is 10.1 Å². The van der Waals surface area contributed by atoms with Gasteiger partial charge in [0.2, 0.25) is 0 Å². The van der Waals surface area contributed by atoms with Crippen molar-refractivity contribution in [2.45, 2.75) is 147 Å². The number of unbranched alkanes of at least 4 members (excludes halogenated alkanes) is 16. The average Bonchev–Trinajstić information content (AvgIpc) is 2.65. The SMILES string of the molecule is CCCCCCCCCCCCCCCCCCCC(C(O)CC)S(=O)(=O)[O-].[K+]. The third-order valence-corrected chi connectivity index (χ3v) is 7.10. The fraction of sp³-hybridized carbons (Fsp3) is 1.00. The first kappa shape index (κ1) is 32.7. The summed E-state index contributed by atoms with van der Waals surface area (Å²) in [7, 11) is -4.40. The van der Waals surface area contributed by atoms with E-state index in [0.29, 0.717) is 19.3 Å². The summed E-state index contributed by atoms with van der Waals surface area (Å²) in [6.07, 6.45) is 21.3. The molecule has 0 rings (SSSR count). The molecule has 0 heterocycles. The van der Waals surface area contributed by atoms with Gasteiger partial charge in [-0.2, -0.15) is 0 Å². The number of aliphatic hydroxyl groups excluding tert-OH is 1. The van der Waals surface area contributed by atoms with E-state index < -0.39 is 21.5 Å². The van der Waals surface area contributed by atoms with Crippen molar-refractivity contribution in [2.75, 3.05) is 0 Å². The third-order valence-electron chi connectivity index (χ3n) is 5.81. The Morgan fingerprint density at radius 1 is 0.655 bits per heavy atom. The van der Waals surface area contributed by atoms with Crippen LogP contribution in [-0.4, -0.2) is 29.4 Å². The molecule has 1 N–H and O–H groups in total. The summed E-state index contributed by atoms with van der Waals surface area (Å²) in [5.41, 5.74) is 0. The second-order valence-corrected chi connectivity index (χ2v) is 10.0. The molecule has 2 atom stereocenters. The van der Waals surface area contributed by atoms with Crippen LogP contribution in [0.4, 0.5) is 0 Å². The number of hydrogen-bond donors (Lipinski definition) is 1. The van der Waals surface area contributed by atoms with Crippen molar-refractivity contribution in [3.8, 4) is 0 Å². The van der Waals surface area contributed by atoms with Gasteiger partial charge in [-0.25, -0.2) is 8.42 Å². The van der Waals surface area contributed by atoms with Crippen molar-refractivity contribution in [1.29, 1.82) is 0 Å². The van der Waals surface area contributed by atoms with Gasteiger partial charge in [0, 0.05) is 0 Å². The molecule has 0 aromatic heterocycles. The Morgan fingerprint density at radius 3 is 1.24 bits per heavy atom. The fourth-order valence-corrected chi connectivity index (χ4v) is 4.89. The maximum atomic E-state index is 11.2. The first-order valence-electron chi connectivity index (χ1n) is 12.1. The molecule has 170 valence electrons. The molecule has 29 heavy (non-hydrogen) atoms. The Labute approximate surface area is 224 Å². The zero-order chi connectivity index (χ0) is 21.1. The van der Waals surface area contributed by atoms with Crippen molar-refractivity contribution in [3.63, 3.8) is 0 Å².